The first kappa shape index (κ1) is 27.3. The third-order valence-electron chi connectivity index (χ3n) is 3.71. The van der Waals surface area contributed by atoms with E-state index in [9.17, 15) is 0 Å². The summed E-state index contributed by atoms with van der Waals surface area (Å²) in [6.07, 6.45) is 5.39. The van der Waals surface area contributed by atoms with Crippen molar-refractivity contribution in [3.05, 3.63) is 120 Å². The fourth-order valence-corrected chi connectivity index (χ4v) is 5.16. The molecule has 0 aliphatic heterocycles. The number of hydrogen-bond acceptors (Lipinski definition) is 0. The fourth-order valence-electron chi connectivity index (χ4n) is 2.35. The molecule has 158 valence electrons. The van der Waals surface area contributed by atoms with Gasteiger partial charge in [0.2, 0.25) is 0 Å². The Balaban J connectivity index is 0.000000500. The first-order valence-corrected chi connectivity index (χ1v) is 11.9. The van der Waals surface area contributed by atoms with Crippen molar-refractivity contribution < 1.29 is 34.1 Å². The van der Waals surface area contributed by atoms with E-state index in [0.717, 1.165) is 17.2 Å². The molecular weight excluding hydrogens is 462 g/mol. The van der Waals surface area contributed by atoms with Gasteiger partial charge in [0.05, 0.1) is 0 Å². The van der Waals surface area contributed by atoms with Crippen molar-refractivity contribution in [3.8, 4) is 0 Å². The average Bonchev–Trinajstić information content (AvgIpc) is 3.48. The van der Waals surface area contributed by atoms with Crippen molar-refractivity contribution in [3.63, 3.8) is 0 Å². The molecule has 0 radical (unpaired) electrons. The van der Waals surface area contributed by atoms with Gasteiger partial charge in [0.15, 0.2) is 0 Å². The third-order valence-corrected chi connectivity index (χ3v) is 6.73. The van der Waals surface area contributed by atoms with Gasteiger partial charge in [-0.05, 0) is 12.3 Å². The second kappa shape index (κ2) is 19.6. The van der Waals surface area contributed by atoms with Gasteiger partial charge in [-0.2, -0.15) is 53.6 Å². The Morgan fingerprint density at radius 1 is 0.536 bits per heavy atom. The van der Waals surface area contributed by atoms with Crippen LogP contribution in [-0.4, -0.2) is 12.3 Å². The van der Waals surface area contributed by atoms with Gasteiger partial charge in [0.1, 0.15) is 0 Å². The molecule has 4 rings (SSSR count). The molecule has 0 aromatic heterocycles. The quantitative estimate of drug-likeness (QED) is 0.114. The zero-order valence-electron chi connectivity index (χ0n) is 15.9. The number of hydrogen-bond donors (Lipinski definition) is 0. The summed E-state index contributed by atoms with van der Waals surface area (Å²) in [7, 11) is 2.22. The van der Waals surface area contributed by atoms with Gasteiger partial charge in [-0.25, -0.2) is 36.4 Å². The van der Waals surface area contributed by atoms with Crippen molar-refractivity contribution in [2.24, 2.45) is 0 Å². The summed E-state index contributed by atoms with van der Waals surface area (Å²) in [5.74, 6) is 0. The monoisotopic (exact) mass is 490 g/mol. The fraction of sp³-hybridized carbons (Fsp3) is 0.167. The minimum atomic E-state index is 0. The van der Waals surface area contributed by atoms with E-state index in [-0.39, 0.29) is 34.1 Å². The van der Waals surface area contributed by atoms with Crippen molar-refractivity contribution in [1.82, 2.24) is 0 Å². The molecule has 0 N–H and O–H groups in total. The van der Waals surface area contributed by atoms with E-state index in [2.05, 4.69) is 48.5 Å². The molecule has 28 heavy (non-hydrogen) atoms. The van der Waals surface area contributed by atoms with Crippen LogP contribution in [0.1, 0.15) is 11.1 Å². The topological polar surface area (TPSA) is 0 Å². The molecule has 0 saturated carbocycles. The molecule has 0 aliphatic carbocycles. The summed E-state index contributed by atoms with van der Waals surface area (Å²) >= 11 is 0. The van der Waals surface area contributed by atoms with Gasteiger partial charge < -0.3 is 30.3 Å². The Kier molecular flexibility index (Phi) is 19.1. The maximum atomic E-state index is 2.24. The van der Waals surface area contributed by atoms with Gasteiger partial charge in [-0.15, -0.1) is 17.2 Å². The molecule has 4 heteroatoms. The smallest absolute Gasteiger partial charge is 0 e. The molecule has 0 heterocycles. The van der Waals surface area contributed by atoms with Crippen LogP contribution in [0.25, 0.3) is 0 Å². The molecule has 0 saturated heterocycles. The van der Waals surface area contributed by atoms with Crippen LogP contribution >= 0.6 is 17.2 Å². The second-order valence-corrected chi connectivity index (χ2v) is 8.57. The van der Waals surface area contributed by atoms with Crippen LogP contribution in [0.4, 0.5) is 0 Å². The van der Waals surface area contributed by atoms with Crippen LogP contribution in [0.2, 0.25) is 0 Å². The molecular formula is C24H28Fe2P2-8. The van der Waals surface area contributed by atoms with Crippen molar-refractivity contribution in [2.75, 3.05) is 12.3 Å². The van der Waals surface area contributed by atoms with Crippen molar-refractivity contribution in [1.29, 1.82) is 0 Å². The molecule has 4 aromatic carbocycles. The minimum Gasteiger partial charge on any atom is -0.748 e. The maximum Gasteiger partial charge on any atom is 0 e. The van der Waals surface area contributed by atoms with Gasteiger partial charge >= 0.3 is 0 Å². The van der Waals surface area contributed by atoms with E-state index in [1.165, 1.54) is 35.8 Å². The molecule has 0 bridgehead atoms. The maximum absolute atomic E-state index is 2.24. The van der Waals surface area contributed by atoms with Crippen molar-refractivity contribution >= 4 is 17.2 Å². The number of rotatable bonds is 7. The summed E-state index contributed by atoms with van der Waals surface area (Å²) in [6, 6.07) is 37.5. The Morgan fingerprint density at radius 2 is 0.893 bits per heavy atom. The van der Waals surface area contributed by atoms with Gasteiger partial charge in [0, 0.05) is 34.1 Å². The van der Waals surface area contributed by atoms with Crippen LogP contribution in [0, 0.1) is 0 Å². The largest absolute Gasteiger partial charge is 0.748 e. The van der Waals surface area contributed by atoms with Gasteiger partial charge in [-0.1, -0.05) is 12.3 Å². The van der Waals surface area contributed by atoms with E-state index in [0.29, 0.717) is 0 Å². The SMILES string of the molecule is [Fe].[Fe].[cH-]1[cH-][cH-][cH-][cH-]1.c1cc[c-](CPCCPC[c-]2cccc2)c1.c1cc[cH-]c1. The standard InChI is InChI=1S/C14H18P2.2C5H5.2Fe/c1-2-6-13(5-1)11-15-9-10-16-12-14-7-3-4-8-14;2*1-2-4-5-3-1;;/h1-8,15-16H,9-12H2;2*1-5H;;/q-2;-5;-1;;. The zero-order chi connectivity index (χ0) is 18.1. The molecule has 0 nitrogen and oxygen atoms in total. The van der Waals surface area contributed by atoms with Crippen LogP contribution in [0.15, 0.2) is 109 Å². The van der Waals surface area contributed by atoms with Crippen LogP contribution in [-0.2, 0) is 46.5 Å². The van der Waals surface area contributed by atoms with Crippen LogP contribution in [0.5, 0.6) is 0 Å². The molecule has 0 fully saturated rings. The Hall–Kier alpha value is -0.701. The van der Waals surface area contributed by atoms with E-state index >= 15 is 0 Å². The average molecular weight is 490 g/mol. The Morgan fingerprint density at radius 3 is 1.18 bits per heavy atom. The third kappa shape index (κ3) is 14.3. The van der Waals surface area contributed by atoms with E-state index in [1.807, 2.05) is 60.7 Å². The molecule has 2 unspecified atom stereocenters. The second-order valence-electron chi connectivity index (χ2n) is 5.86. The molecule has 2 atom stereocenters. The summed E-state index contributed by atoms with van der Waals surface area (Å²) in [6.45, 7) is 0. The molecule has 0 amide bonds. The summed E-state index contributed by atoms with van der Waals surface area (Å²) in [5.41, 5.74) is 3.02. The summed E-state index contributed by atoms with van der Waals surface area (Å²) in [5, 5.41) is 0. The molecule has 4 aromatic rings. The van der Waals surface area contributed by atoms with Crippen LogP contribution < -0.4 is 0 Å². The minimum absolute atomic E-state index is 0. The van der Waals surface area contributed by atoms with E-state index < -0.39 is 0 Å². The predicted octanol–water partition coefficient (Wildman–Crippen LogP) is 6.99. The van der Waals surface area contributed by atoms with E-state index in [4.69, 9.17) is 0 Å². The van der Waals surface area contributed by atoms with Gasteiger partial charge in [-0.3, -0.25) is 0 Å². The first-order valence-electron chi connectivity index (χ1n) is 9.11. The van der Waals surface area contributed by atoms with E-state index in [1.54, 1.807) is 0 Å². The molecule has 0 spiro atoms. The van der Waals surface area contributed by atoms with Crippen LogP contribution in [0.3, 0.4) is 0 Å². The molecule has 0 aliphatic rings. The van der Waals surface area contributed by atoms with Gasteiger partial charge in [0.25, 0.3) is 0 Å². The Bertz CT molecular complexity index is 598. The zero-order valence-corrected chi connectivity index (χ0v) is 20.1. The predicted molar refractivity (Wildman–Crippen MR) is 122 cm³/mol. The normalized spacial score (nSPS) is 9.86. The summed E-state index contributed by atoms with van der Waals surface area (Å²) in [4.78, 5) is 0. The Labute approximate surface area is 195 Å². The van der Waals surface area contributed by atoms with Crippen molar-refractivity contribution in [2.45, 2.75) is 12.3 Å². The first-order chi connectivity index (χ1) is 12.9. The summed E-state index contributed by atoms with van der Waals surface area (Å²) < 4.78 is 0.